The molecule has 2 aromatic carbocycles. The average Bonchev–Trinajstić information content (AvgIpc) is 2.39. The van der Waals surface area contributed by atoms with Gasteiger partial charge in [0, 0.05) is 9.50 Å². The van der Waals surface area contributed by atoms with Crippen LogP contribution in [0.2, 0.25) is 5.02 Å². The van der Waals surface area contributed by atoms with Crippen molar-refractivity contribution in [3.63, 3.8) is 0 Å². The first-order chi connectivity index (χ1) is 9.11. The van der Waals surface area contributed by atoms with Crippen LogP contribution < -0.4 is 11.3 Å². The van der Waals surface area contributed by atoms with Crippen LogP contribution in [0.15, 0.2) is 46.9 Å². The van der Waals surface area contributed by atoms with Crippen molar-refractivity contribution in [1.29, 1.82) is 0 Å². The molecular formula is C14H13BrClFN2. The van der Waals surface area contributed by atoms with Crippen LogP contribution in [0.5, 0.6) is 0 Å². The van der Waals surface area contributed by atoms with Gasteiger partial charge in [-0.1, -0.05) is 51.8 Å². The van der Waals surface area contributed by atoms with Gasteiger partial charge in [-0.2, -0.15) is 0 Å². The van der Waals surface area contributed by atoms with Crippen molar-refractivity contribution >= 4 is 27.5 Å². The molecule has 0 amide bonds. The van der Waals surface area contributed by atoms with Crippen LogP contribution >= 0.6 is 27.5 Å². The molecule has 2 rings (SSSR count). The fourth-order valence-corrected chi connectivity index (χ4v) is 2.73. The van der Waals surface area contributed by atoms with E-state index in [0.717, 1.165) is 15.6 Å². The zero-order valence-electron chi connectivity index (χ0n) is 10.0. The van der Waals surface area contributed by atoms with Crippen molar-refractivity contribution in [1.82, 2.24) is 5.43 Å². The molecule has 2 nitrogen and oxygen atoms in total. The molecule has 1 atom stereocenters. The first-order valence-corrected chi connectivity index (χ1v) is 6.93. The molecule has 5 heteroatoms. The molecule has 0 fully saturated rings. The Morgan fingerprint density at radius 1 is 1.26 bits per heavy atom. The summed E-state index contributed by atoms with van der Waals surface area (Å²) < 4.78 is 14.0. The second-order valence-corrected chi connectivity index (χ2v) is 5.44. The smallest absolute Gasteiger partial charge is 0.124 e. The van der Waals surface area contributed by atoms with Crippen LogP contribution in [0.4, 0.5) is 4.39 Å². The lowest BCUT2D eigenvalue weighted by Crippen LogP contribution is -2.29. The number of rotatable bonds is 4. The minimum atomic E-state index is -0.341. The summed E-state index contributed by atoms with van der Waals surface area (Å²) in [7, 11) is 0. The van der Waals surface area contributed by atoms with E-state index in [0.29, 0.717) is 11.4 Å². The van der Waals surface area contributed by atoms with Crippen molar-refractivity contribution in [2.45, 2.75) is 12.5 Å². The standard InChI is InChI=1S/C14H13BrClFN2/c15-12-4-2-1-3-11(12)14(19-18)7-9-5-6-10(17)8-13(9)16/h1-6,8,14,19H,7,18H2. The van der Waals surface area contributed by atoms with E-state index in [1.807, 2.05) is 24.3 Å². The average molecular weight is 344 g/mol. The van der Waals surface area contributed by atoms with E-state index in [2.05, 4.69) is 21.4 Å². The van der Waals surface area contributed by atoms with Gasteiger partial charge >= 0.3 is 0 Å². The summed E-state index contributed by atoms with van der Waals surface area (Å²) >= 11 is 9.53. The predicted molar refractivity (Wildman–Crippen MR) is 79.3 cm³/mol. The van der Waals surface area contributed by atoms with Crippen molar-refractivity contribution in [3.8, 4) is 0 Å². The first-order valence-electron chi connectivity index (χ1n) is 5.76. The highest BCUT2D eigenvalue weighted by atomic mass is 79.9. The maximum atomic E-state index is 13.0. The maximum Gasteiger partial charge on any atom is 0.124 e. The number of nitrogens with two attached hydrogens (primary N) is 1. The summed E-state index contributed by atoms with van der Waals surface area (Å²) in [4.78, 5) is 0. The van der Waals surface area contributed by atoms with Crippen LogP contribution in [0.25, 0.3) is 0 Å². The molecule has 3 N–H and O–H groups in total. The number of benzene rings is 2. The van der Waals surface area contributed by atoms with Crippen LogP contribution in [0, 0.1) is 5.82 Å². The van der Waals surface area contributed by atoms with Gasteiger partial charge in [0.1, 0.15) is 5.82 Å². The molecule has 1 unspecified atom stereocenters. The van der Waals surface area contributed by atoms with Gasteiger partial charge in [0.15, 0.2) is 0 Å². The van der Waals surface area contributed by atoms with E-state index in [1.54, 1.807) is 6.07 Å². The number of halogens is 3. The molecule has 0 radical (unpaired) electrons. The fourth-order valence-electron chi connectivity index (χ4n) is 1.92. The monoisotopic (exact) mass is 342 g/mol. The lowest BCUT2D eigenvalue weighted by molar-refractivity contribution is 0.549. The van der Waals surface area contributed by atoms with Gasteiger partial charge in [-0.05, 0) is 35.7 Å². The normalized spacial score (nSPS) is 12.4. The molecule has 0 saturated heterocycles. The highest BCUT2D eigenvalue weighted by Gasteiger charge is 2.15. The zero-order chi connectivity index (χ0) is 13.8. The summed E-state index contributed by atoms with van der Waals surface area (Å²) in [6.07, 6.45) is 0.582. The second-order valence-electron chi connectivity index (χ2n) is 4.18. The van der Waals surface area contributed by atoms with Gasteiger partial charge < -0.3 is 0 Å². The summed E-state index contributed by atoms with van der Waals surface area (Å²) in [5.41, 5.74) is 4.65. The third kappa shape index (κ3) is 3.54. The van der Waals surface area contributed by atoms with Gasteiger partial charge in [0.05, 0.1) is 6.04 Å². The molecule has 0 spiro atoms. The Balaban J connectivity index is 2.27. The van der Waals surface area contributed by atoms with Crippen molar-refractivity contribution in [3.05, 3.63) is 68.9 Å². The third-order valence-electron chi connectivity index (χ3n) is 2.92. The Morgan fingerprint density at radius 2 is 2.00 bits per heavy atom. The number of hydrogen-bond acceptors (Lipinski definition) is 2. The molecule has 19 heavy (non-hydrogen) atoms. The van der Waals surface area contributed by atoms with E-state index >= 15 is 0 Å². The van der Waals surface area contributed by atoms with Crippen LogP contribution in [-0.2, 0) is 6.42 Å². The Kier molecular flexibility index (Phi) is 4.93. The fraction of sp³-hybridized carbons (Fsp3) is 0.143. The van der Waals surface area contributed by atoms with Crippen molar-refractivity contribution in [2.75, 3.05) is 0 Å². The molecule has 100 valence electrons. The zero-order valence-corrected chi connectivity index (χ0v) is 12.4. The summed E-state index contributed by atoms with van der Waals surface area (Å²) in [5, 5.41) is 0.410. The molecule has 2 aromatic rings. The minimum Gasteiger partial charge on any atom is -0.271 e. The molecule has 0 aliphatic rings. The van der Waals surface area contributed by atoms with E-state index < -0.39 is 0 Å². The Morgan fingerprint density at radius 3 is 2.63 bits per heavy atom. The SMILES string of the molecule is NNC(Cc1ccc(F)cc1Cl)c1ccccc1Br. The first kappa shape index (κ1) is 14.5. The van der Waals surface area contributed by atoms with Gasteiger partial charge in [-0.3, -0.25) is 11.3 Å². The van der Waals surface area contributed by atoms with Crippen LogP contribution in [-0.4, -0.2) is 0 Å². The topological polar surface area (TPSA) is 38.0 Å². The van der Waals surface area contributed by atoms with Gasteiger partial charge in [0.25, 0.3) is 0 Å². The molecule has 0 aliphatic carbocycles. The largest absolute Gasteiger partial charge is 0.271 e. The van der Waals surface area contributed by atoms with Gasteiger partial charge in [-0.15, -0.1) is 0 Å². The highest BCUT2D eigenvalue weighted by molar-refractivity contribution is 9.10. The summed E-state index contributed by atoms with van der Waals surface area (Å²) in [6.45, 7) is 0. The van der Waals surface area contributed by atoms with E-state index in [4.69, 9.17) is 17.4 Å². The summed E-state index contributed by atoms with van der Waals surface area (Å²) in [5.74, 6) is 5.27. The van der Waals surface area contributed by atoms with Gasteiger partial charge in [-0.25, -0.2) is 4.39 Å². The van der Waals surface area contributed by atoms with Crippen molar-refractivity contribution < 1.29 is 4.39 Å². The predicted octanol–water partition coefficient (Wildman–Crippen LogP) is 3.99. The molecular weight excluding hydrogens is 331 g/mol. The molecule has 0 heterocycles. The van der Waals surface area contributed by atoms with E-state index in [1.165, 1.54) is 12.1 Å². The number of hydrogen-bond donors (Lipinski definition) is 2. The van der Waals surface area contributed by atoms with Gasteiger partial charge in [0.2, 0.25) is 0 Å². The lowest BCUT2D eigenvalue weighted by Gasteiger charge is -2.18. The number of hydrazine groups is 1. The Labute approximate surface area is 124 Å². The van der Waals surface area contributed by atoms with E-state index in [9.17, 15) is 4.39 Å². The Bertz CT molecular complexity index is 577. The highest BCUT2D eigenvalue weighted by Crippen LogP contribution is 2.28. The quantitative estimate of drug-likeness (QED) is 0.651. The molecule has 0 saturated carbocycles. The second kappa shape index (κ2) is 6.48. The molecule has 0 aliphatic heterocycles. The number of nitrogens with one attached hydrogen (secondary N) is 1. The van der Waals surface area contributed by atoms with Crippen LogP contribution in [0.3, 0.4) is 0 Å². The third-order valence-corrected chi connectivity index (χ3v) is 3.99. The van der Waals surface area contributed by atoms with Crippen molar-refractivity contribution in [2.24, 2.45) is 5.84 Å². The summed E-state index contributed by atoms with van der Waals surface area (Å²) in [6, 6.07) is 12.1. The lowest BCUT2D eigenvalue weighted by atomic mass is 9.99. The van der Waals surface area contributed by atoms with Crippen LogP contribution in [0.1, 0.15) is 17.2 Å². The van der Waals surface area contributed by atoms with E-state index in [-0.39, 0.29) is 11.9 Å². The molecule has 0 bridgehead atoms. The minimum absolute atomic E-state index is 0.0986. The molecule has 0 aromatic heterocycles. The maximum absolute atomic E-state index is 13.0. The Hall–Kier alpha value is -0.940.